The van der Waals surface area contributed by atoms with Crippen LogP contribution in [-0.4, -0.2) is 34.4 Å². The van der Waals surface area contributed by atoms with Crippen molar-refractivity contribution in [3.05, 3.63) is 74.8 Å². The summed E-state index contributed by atoms with van der Waals surface area (Å²) in [6.07, 6.45) is -0.904. The van der Waals surface area contributed by atoms with Gasteiger partial charge in [0.2, 0.25) is 0 Å². The molecule has 3 aliphatic rings. The molecular weight excluding hydrogens is 426 g/mol. The van der Waals surface area contributed by atoms with Crippen LogP contribution in [0.3, 0.4) is 0 Å². The standard InChI is InChI=1S/C26H22ClNO4/c1-11-4-6-14-13(8-11)5-7-15-19(14)24(30)20-17(27)9-16-18-10-26(3,25(31)12(2)32-18)28-22(16)21(20)23(15)29/h4-9,12,18,25,28,31H,10H2,1-3H3/t12-,18-,25-,26+/m1/s1. The predicted octanol–water partition coefficient (Wildman–Crippen LogP) is 4.97. The lowest BCUT2D eigenvalue weighted by Crippen LogP contribution is -2.59. The zero-order chi connectivity index (χ0) is 22.5. The van der Waals surface area contributed by atoms with Gasteiger partial charge in [-0.1, -0.05) is 41.4 Å². The molecule has 2 heterocycles. The third-order valence-corrected chi connectivity index (χ3v) is 7.55. The Labute approximate surface area is 190 Å². The lowest BCUT2D eigenvalue weighted by Gasteiger charge is -2.51. The summed E-state index contributed by atoms with van der Waals surface area (Å²) in [6, 6.07) is 11.2. The molecule has 4 atom stereocenters. The van der Waals surface area contributed by atoms with Gasteiger partial charge < -0.3 is 15.2 Å². The van der Waals surface area contributed by atoms with Gasteiger partial charge in [-0.15, -0.1) is 0 Å². The van der Waals surface area contributed by atoms with Crippen molar-refractivity contribution in [1.82, 2.24) is 0 Å². The van der Waals surface area contributed by atoms with Crippen LogP contribution in [0.25, 0.3) is 10.8 Å². The number of ketones is 2. The highest BCUT2D eigenvalue weighted by atomic mass is 35.5. The number of halogens is 1. The van der Waals surface area contributed by atoms with E-state index < -0.39 is 11.6 Å². The molecule has 1 fully saturated rings. The van der Waals surface area contributed by atoms with Gasteiger partial charge in [0.05, 0.1) is 39.6 Å². The van der Waals surface area contributed by atoms with E-state index in [1.54, 1.807) is 12.1 Å². The number of carbonyl (C=O) groups is 2. The van der Waals surface area contributed by atoms with E-state index in [4.69, 9.17) is 16.3 Å². The van der Waals surface area contributed by atoms with Gasteiger partial charge in [0.1, 0.15) is 6.10 Å². The summed E-state index contributed by atoms with van der Waals surface area (Å²) < 4.78 is 6.06. The Bertz CT molecular complexity index is 1380. The van der Waals surface area contributed by atoms with Gasteiger partial charge in [0.25, 0.3) is 0 Å². The normalized spacial score (nSPS) is 28.1. The van der Waals surface area contributed by atoms with Crippen molar-refractivity contribution < 1.29 is 19.4 Å². The highest BCUT2D eigenvalue weighted by Gasteiger charge is 2.50. The Morgan fingerprint density at radius 1 is 1.09 bits per heavy atom. The number of carbonyl (C=O) groups excluding carboxylic acids is 2. The van der Waals surface area contributed by atoms with Crippen molar-refractivity contribution in [2.45, 2.75) is 51.0 Å². The minimum absolute atomic E-state index is 0.217. The van der Waals surface area contributed by atoms with E-state index in [1.807, 2.05) is 45.0 Å². The van der Waals surface area contributed by atoms with Gasteiger partial charge in [-0.05, 0) is 43.7 Å². The molecule has 3 aromatic rings. The molecule has 0 saturated carbocycles. The molecule has 162 valence electrons. The van der Waals surface area contributed by atoms with Crippen LogP contribution in [0.1, 0.15) is 69.3 Å². The van der Waals surface area contributed by atoms with Crippen LogP contribution in [0.5, 0.6) is 0 Å². The van der Waals surface area contributed by atoms with E-state index in [-0.39, 0.29) is 39.9 Å². The predicted molar refractivity (Wildman–Crippen MR) is 123 cm³/mol. The van der Waals surface area contributed by atoms with Crippen LogP contribution in [0.15, 0.2) is 36.4 Å². The molecule has 0 aromatic heterocycles. The van der Waals surface area contributed by atoms with Gasteiger partial charge in [0.15, 0.2) is 11.6 Å². The van der Waals surface area contributed by atoms with Gasteiger partial charge in [-0.3, -0.25) is 9.59 Å². The molecule has 0 spiro atoms. The first-order chi connectivity index (χ1) is 15.2. The first-order valence-electron chi connectivity index (χ1n) is 10.8. The number of aliphatic hydroxyl groups is 1. The molecule has 2 aliphatic heterocycles. The maximum Gasteiger partial charge on any atom is 0.196 e. The molecule has 6 rings (SSSR count). The number of benzene rings is 3. The number of anilines is 1. The number of nitrogens with one attached hydrogen (secondary N) is 1. The molecule has 2 N–H and O–H groups in total. The smallest absolute Gasteiger partial charge is 0.196 e. The maximum absolute atomic E-state index is 13.8. The second kappa shape index (κ2) is 6.41. The summed E-state index contributed by atoms with van der Waals surface area (Å²) in [7, 11) is 0. The number of aliphatic hydroxyl groups excluding tert-OH is 1. The fraction of sp³-hybridized carbons (Fsp3) is 0.308. The molecule has 1 saturated heterocycles. The molecular formula is C26H22ClNO4. The first kappa shape index (κ1) is 19.9. The fourth-order valence-electron chi connectivity index (χ4n) is 5.65. The quantitative estimate of drug-likeness (QED) is 0.398. The zero-order valence-electron chi connectivity index (χ0n) is 18.0. The number of ether oxygens (including phenoxy) is 1. The maximum atomic E-state index is 13.8. The average molecular weight is 448 g/mol. The van der Waals surface area contributed by atoms with Crippen LogP contribution in [0, 0.1) is 6.92 Å². The number of rotatable bonds is 0. The number of hydrogen-bond donors (Lipinski definition) is 2. The van der Waals surface area contributed by atoms with Crippen LogP contribution in [0.2, 0.25) is 5.02 Å². The number of aryl methyl sites for hydroxylation is 1. The fourth-order valence-corrected chi connectivity index (χ4v) is 5.95. The lowest BCUT2D eigenvalue weighted by molar-refractivity contribution is -0.142. The second-order valence-electron chi connectivity index (χ2n) is 9.46. The first-order valence-corrected chi connectivity index (χ1v) is 11.2. The highest BCUT2D eigenvalue weighted by molar-refractivity contribution is 6.41. The van der Waals surface area contributed by atoms with Crippen molar-refractivity contribution in [3.8, 4) is 0 Å². The Balaban J connectivity index is 1.62. The number of hydrogen-bond acceptors (Lipinski definition) is 5. The topological polar surface area (TPSA) is 75.6 Å². The minimum atomic E-state index is -0.757. The Morgan fingerprint density at radius 3 is 2.66 bits per heavy atom. The summed E-state index contributed by atoms with van der Waals surface area (Å²) in [5.74, 6) is -0.496. The lowest BCUT2D eigenvalue weighted by atomic mass is 9.73. The van der Waals surface area contributed by atoms with Crippen LogP contribution >= 0.6 is 11.6 Å². The zero-order valence-corrected chi connectivity index (χ0v) is 18.7. The minimum Gasteiger partial charge on any atom is -0.388 e. The van der Waals surface area contributed by atoms with Crippen LogP contribution in [-0.2, 0) is 4.74 Å². The van der Waals surface area contributed by atoms with Crippen molar-refractivity contribution in [1.29, 1.82) is 0 Å². The summed E-state index contributed by atoms with van der Waals surface area (Å²) in [5, 5.41) is 16.1. The van der Waals surface area contributed by atoms with Crippen LogP contribution in [0.4, 0.5) is 5.69 Å². The molecule has 0 unspecified atom stereocenters. The van der Waals surface area contributed by atoms with Gasteiger partial charge in [-0.2, -0.15) is 0 Å². The SMILES string of the molecule is Cc1ccc2c3c(ccc2c1)C(=O)c1c2c(cc(Cl)c1C3=O)[C@H]1C[C@](C)(N2)[C@H](O)[C@@H](C)O1. The Kier molecular flexibility index (Phi) is 3.99. The van der Waals surface area contributed by atoms with E-state index in [2.05, 4.69) is 5.32 Å². The van der Waals surface area contributed by atoms with Crippen molar-refractivity contribution >= 4 is 39.6 Å². The van der Waals surface area contributed by atoms with E-state index >= 15 is 0 Å². The van der Waals surface area contributed by atoms with Gasteiger partial charge >= 0.3 is 0 Å². The average Bonchev–Trinajstić information content (AvgIpc) is 2.75. The van der Waals surface area contributed by atoms with Crippen molar-refractivity contribution in [2.24, 2.45) is 0 Å². The van der Waals surface area contributed by atoms with Gasteiger partial charge in [0, 0.05) is 23.1 Å². The summed E-state index contributed by atoms with van der Waals surface area (Å²) >= 11 is 6.65. The molecule has 3 aromatic carbocycles. The summed E-state index contributed by atoms with van der Waals surface area (Å²) in [5.41, 5.74) is 2.97. The van der Waals surface area contributed by atoms with E-state index in [0.717, 1.165) is 21.9 Å². The highest BCUT2D eigenvalue weighted by Crippen LogP contribution is 2.51. The van der Waals surface area contributed by atoms with Gasteiger partial charge in [-0.25, -0.2) is 0 Å². The van der Waals surface area contributed by atoms with E-state index in [0.29, 0.717) is 23.2 Å². The Hall–Kier alpha value is -2.73. The van der Waals surface area contributed by atoms with Crippen molar-refractivity contribution in [2.75, 3.05) is 5.32 Å². The molecule has 6 heteroatoms. The largest absolute Gasteiger partial charge is 0.388 e. The third kappa shape index (κ3) is 2.47. The monoisotopic (exact) mass is 447 g/mol. The summed E-state index contributed by atoms with van der Waals surface area (Å²) in [6.45, 7) is 5.75. The molecule has 0 amide bonds. The molecule has 5 nitrogen and oxygen atoms in total. The second-order valence-corrected chi connectivity index (χ2v) is 9.87. The van der Waals surface area contributed by atoms with E-state index in [9.17, 15) is 14.7 Å². The van der Waals surface area contributed by atoms with Crippen LogP contribution < -0.4 is 5.32 Å². The molecule has 1 aliphatic carbocycles. The third-order valence-electron chi connectivity index (χ3n) is 7.25. The van der Waals surface area contributed by atoms with E-state index in [1.165, 1.54) is 0 Å². The molecule has 0 radical (unpaired) electrons. The van der Waals surface area contributed by atoms with Crippen molar-refractivity contribution in [3.63, 3.8) is 0 Å². The molecule has 32 heavy (non-hydrogen) atoms. The summed E-state index contributed by atoms with van der Waals surface area (Å²) in [4.78, 5) is 27.6. The number of fused-ring (bicyclic) bond motifs is 9. The Morgan fingerprint density at radius 2 is 1.88 bits per heavy atom. The molecule has 2 bridgehead atoms.